The van der Waals surface area contributed by atoms with E-state index in [2.05, 4.69) is 20.8 Å². The van der Waals surface area contributed by atoms with Crippen LogP contribution < -0.4 is 5.32 Å². The third-order valence-electron chi connectivity index (χ3n) is 5.52. The Morgan fingerprint density at radius 3 is 2.61 bits per heavy atom. The Balaban J connectivity index is 1.47. The van der Waals surface area contributed by atoms with Crippen LogP contribution in [0.25, 0.3) is 0 Å². The maximum absolute atomic E-state index is 13.3. The van der Waals surface area contributed by atoms with Gasteiger partial charge in [-0.1, -0.05) is 30.0 Å². The Morgan fingerprint density at radius 1 is 1.24 bits per heavy atom. The number of aliphatic hydroxyl groups is 1. The number of aromatic nitrogens is 4. The molecule has 1 saturated heterocycles. The number of tetrazole rings is 1. The van der Waals surface area contributed by atoms with Crippen molar-refractivity contribution in [2.45, 2.75) is 35.4 Å². The number of nitrogens with one attached hydrogen (secondary N) is 1. The number of alkyl halides is 3. The van der Waals surface area contributed by atoms with E-state index >= 15 is 0 Å². The van der Waals surface area contributed by atoms with Gasteiger partial charge >= 0.3 is 18.1 Å². The summed E-state index contributed by atoms with van der Waals surface area (Å²) < 4.78 is 40.8. The molecule has 1 fully saturated rings. The second-order valence-corrected chi connectivity index (χ2v) is 9.99. The molecule has 1 aromatic heterocycles. The number of nitrogens with zero attached hydrogens (tertiary/aromatic N) is 5. The Bertz CT molecular complexity index is 1330. The first-order valence-corrected chi connectivity index (χ1v) is 12.6. The minimum Gasteiger partial charge on any atom is -0.480 e. The molecule has 18 heteroatoms. The molecule has 0 spiro atoms. The minimum absolute atomic E-state index is 0.00902. The number of benzene rings is 1. The number of rotatable bonds is 9. The minimum atomic E-state index is -4.83. The smallest absolute Gasteiger partial charge is 0.416 e. The third-order valence-corrected chi connectivity index (χ3v) is 7.90. The van der Waals surface area contributed by atoms with Crippen LogP contribution in [0.5, 0.6) is 0 Å². The molecule has 2 aromatic rings. The molecule has 13 nitrogen and oxygen atoms in total. The van der Waals surface area contributed by atoms with Crippen molar-refractivity contribution in [3.8, 4) is 0 Å². The van der Waals surface area contributed by atoms with Crippen LogP contribution in [0.4, 0.5) is 13.2 Å². The second-order valence-electron chi connectivity index (χ2n) is 7.94. The van der Waals surface area contributed by atoms with Crippen LogP contribution in [0.15, 0.2) is 40.7 Å². The molecule has 0 radical (unpaired) electrons. The van der Waals surface area contributed by atoms with Gasteiger partial charge in [-0.05, 0) is 22.1 Å². The molecule has 2 aliphatic heterocycles. The number of thioether (sulfide) groups is 2. The van der Waals surface area contributed by atoms with E-state index in [-0.39, 0.29) is 22.4 Å². The van der Waals surface area contributed by atoms with E-state index in [0.29, 0.717) is 11.6 Å². The van der Waals surface area contributed by atoms with Crippen LogP contribution in [0.3, 0.4) is 0 Å². The van der Waals surface area contributed by atoms with Crippen molar-refractivity contribution in [3.05, 3.63) is 46.7 Å². The van der Waals surface area contributed by atoms with Gasteiger partial charge in [-0.25, -0.2) is 9.48 Å². The predicted octanol–water partition coefficient (Wildman–Crippen LogP) is 0.341. The number of carbonyl (C=O) groups is 4. The number of fused-ring (bicyclic) bond motifs is 1. The molecule has 1 aromatic carbocycles. The van der Waals surface area contributed by atoms with Crippen molar-refractivity contribution in [1.82, 2.24) is 30.4 Å². The van der Waals surface area contributed by atoms with Gasteiger partial charge in [0, 0.05) is 17.1 Å². The zero-order valence-electron chi connectivity index (χ0n) is 18.8. The van der Waals surface area contributed by atoms with Gasteiger partial charge < -0.3 is 20.6 Å². The molecule has 4 N–H and O–H groups in total. The van der Waals surface area contributed by atoms with Crippen LogP contribution in [0.2, 0.25) is 0 Å². The lowest BCUT2D eigenvalue weighted by atomic mass is 9.99. The fraction of sp³-hybridized carbons (Fsp3) is 0.350. The van der Waals surface area contributed by atoms with E-state index in [9.17, 15) is 42.6 Å². The highest BCUT2D eigenvalue weighted by atomic mass is 32.2. The van der Waals surface area contributed by atoms with Gasteiger partial charge in [0.05, 0.1) is 5.56 Å². The number of carboxylic acid groups (broad SMARTS) is 2. The third kappa shape index (κ3) is 5.32. The highest BCUT2D eigenvalue weighted by Gasteiger charge is 2.54. The number of hydrogen-bond donors (Lipinski definition) is 4. The summed E-state index contributed by atoms with van der Waals surface area (Å²) >= 11 is 2.07. The molecule has 0 saturated carbocycles. The Kier molecular flexibility index (Phi) is 7.65. The molecule has 4 rings (SSSR count). The zero-order chi connectivity index (χ0) is 27.8. The average Bonchev–Trinajstić information content (AvgIpc) is 3.30. The topological polar surface area (TPSA) is 188 Å². The molecule has 3 atom stereocenters. The Morgan fingerprint density at radius 2 is 1.95 bits per heavy atom. The van der Waals surface area contributed by atoms with Gasteiger partial charge in [0.25, 0.3) is 11.8 Å². The lowest BCUT2D eigenvalue weighted by molar-refractivity contribution is -0.152. The molecule has 2 amide bonds. The SMILES string of the molecule is O=C(O)Cn1nnnc1SCC1=C(C(=O)O)N2C(=O)C(NC(=O)[C@H](O)c3ccccc3C(F)(F)F)[C@H]2SC1. The first kappa shape index (κ1) is 27.4. The normalized spacial score (nSPS) is 20.0. The number of β-lactam (4-membered cyclic amide) rings is 1. The zero-order valence-corrected chi connectivity index (χ0v) is 20.5. The summed E-state index contributed by atoms with van der Waals surface area (Å²) in [5.74, 6) is -4.56. The Hall–Kier alpha value is -3.64. The van der Waals surface area contributed by atoms with E-state index in [1.807, 2.05) is 0 Å². The molecule has 1 unspecified atom stereocenters. The highest BCUT2D eigenvalue weighted by Crippen LogP contribution is 2.42. The Labute approximate surface area is 219 Å². The van der Waals surface area contributed by atoms with Crippen molar-refractivity contribution in [2.24, 2.45) is 0 Å². The van der Waals surface area contributed by atoms with Crippen molar-refractivity contribution in [1.29, 1.82) is 0 Å². The predicted molar refractivity (Wildman–Crippen MR) is 122 cm³/mol. The number of aliphatic carboxylic acids is 2. The average molecular weight is 575 g/mol. The number of aliphatic hydroxyl groups excluding tert-OH is 1. The van der Waals surface area contributed by atoms with Crippen molar-refractivity contribution < 1.29 is 47.7 Å². The summed E-state index contributed by atoms with van der Waals surface area (Å²) in [6, 6.07) is 2.71. The largest absolute Gasteiger partial charge is 0.480 e. The summed E-state index contributed by atoms with van der Waals surface area (Å²) in [4.78, 5) is 49.3. The maximum Gasteiger partial charge on any atom is 0.416 e. The van der Waals surface area contributed by atoms with Gasteiger partial charge in [0.1, 0.15) is 23.7 Å². The van der Waals surface area contributed by atoms with Gasteiger partial charge in [0.2, 0.25) is 5.16 Å². The summed E-state index contributed by atoms with van der Waals surface area (Å²) in [5, 5.41) is 41.1. The van der Waals surface area contributed by atoms with Crippen LogP contribution in [-0.4, -0.2) is 87.1 Å². The van der Waals surface area contributed by atoms with Gasteiger partial charge in [0.15, 0.2) is 6.10 Å². The standard InChI is InChI=1S/C20H17F3N6O7S2/c21-20(22,23)10-4-2-1-3-9(10)14(32)15(33)24-12-16(34)29-13(18(35)36)8(6-37-17(12)29)7-38-19-25-26-27-28(19)5-11(30)31/h1-4,12,14,17,32H,5-7H2,(H,24,33)(H,30,31)(H,35,36)/t12?,14-,17-/m1/s1. The summed E-state index contributed by atoms with van der Waals surface area (Å²) in [6.07, 6.45) is -7.05. The fourth-order valence-corrected chi connectivity index (χ4v) is 6.20. The van der Waals surface area contributed by atoms with Gasteiger partial charge in [-0.15, -0.1) is 16.9 Å². The highest BCUT2D eigenvalue weighted by molar-refractivity contribution is 8.01. The number of carbonyl (C=O) groups excluding carboxylic acids is 2. The molecule has 0 bridgehead atoms. The number of carboxylic acids is 2. The quantitative estimate of drug-likeness (QED) is 0.238. The first-order valence-electron chi connectivity index (χ1n) is 10.6. The molecule has 3 heterocycles. The molecule has 38 heavy (non-hydrogen) atoms. The van der Waals surface area contributed by atoms with Crippen LogP contribution in [0.1, 0.15) is 17.2 Å². The summed E-state index contributed by atoms with van der Waals surface area (Å²) in [5.41, 5.74) is -1.92. The molecular formula is C20H17F3N6O7S2. The van der Waals surface area contributed by atoms with Crippen molar-refractivity contribution in [3.63, 3.8) is 0 Å². The monoisotopic (exact) mass is 574 g/mol. The van der Waals surface area contributed by atoms with E-state index in [1.54, 1.807) is 0 Å². The maximum atomic E-state index is 13.3. The lowest BCUT2D eigenvalue weighted by Crippen LogP contribution is -2.70. The molecule has 0 aliphatic carbocycles. The van der Waals surface area contributed by atoms with E-state index in [0.717, 1.165) is 45.2 Å². The van der Waals surface area contributed by atoms with Crippen LogP contribution in [-0.2, 0) is 31.9 Å². The van der Waals surface area contributed by atoms with Crippen LogP contribution >= 0.6 is 23.5 Å². The number of amides is 2. The van der Waals surface area contributed by atoms with Crippen molar-refractivity contribution in [2.75, 3.05) is 11.5 Å². The van der Waals surface area contributed by atoms with E-state index in [4.69, 9.17) is 5.11 Å². The van der Waals surface area contributed by atoms with Gasteiger partial charge in [-0.2, -0.15) is 13.2 Å². The fourth-order valence-electron chi connectivity index (χ4n) is 3.84. The molecule has 2 aliphatic rings. The van der Waals surface area contributed by atoms with Crippen molar-refractivity contribution >= 4 is 47.3 Å². The number of halogens is 3. The molecular weight excluding hydrogens is 557 g/mol. The van der Waals surface area contributed by atoms with E-state index in [1.165, 1.54) is 6.07 Å². The van der Waals surface area contributed by atoms with Crippen LogP contribution in [0, 0.1) is 0 Å². The summed E-state index contributed by atoms with van der Waals surface area (Å²) in [6.45, 7) is -0.512. The lowest BCUT2D eigenvalue weighted by Gasteiger charge is -2.49. The summed E-state index contributed by atoms with van der Waals surface area (Å²) in [7, 11) is 0. The first-order chi connectivity index (χ1) is 17.9. The molecule has 202 valence electrons. The second kappa shape index (κ2) is 10.6. The number of hydrogen-bond acceptors (Lipinski definition) is 10. The van der Waals surface area contributed by atoms with Gasteiger partial charge in [-0.3, -0.25) is 19.3 Å². The van der Waals surface area contributed by atoms with E-state index < -0.39 is 65.1 Å².